The van der Waals surface area contributed by atoms with Gasteiger partial charge in [0.2, 0.25) is 5.91 Å². The lowest BCUT2D eigenvalue weighted by Crippen LogP contribution is -2.24. The molecule has 1 aliphatic heterocycles. The maximum Gasteiger partial charge on any atom is 0.228 e. The maximum atomic E-state index is 11.8. The molecule has 5 heteroatoms. The Kier molecular flexibility index (Phi) is 3.38. The molecule has 0 aromatic heterocycles. The van der Waals surface area contributed by atoms with Crippen LogP contribution in [0.5, 0.6) is 5.75 Å². The Morgan fingerprint density at radius 3 is 2.65 bits per heavy atom. The zero-order valence-electron chi connectivity index (χ0n) is 9.42. The van der Waals surface area contributed by atoms with Crippen molar-refractivity contribution in [2.24, 2.45) is 0 Å². The first-order valence-corrected chi connectivity index (χ1v) is 6.21. The van der Waals surface area contributed by atoms with E-state index in [1.807, 2.05) is 0 Å². The van der Waals surface area contributed by atoms with Gasteiger partial charge in [-0.05, 0) is 24.3 Å². The summed E-state index contributed by atoms with van der Waals surface area (Å²) in [6.45, 7) is 2.06. The predicted molar refractivity (Wildman–Crippen MR) is 67.1 cm³/mol. The van der Waals surface area contributed by atoms with Crippen LogP contribution in [0.2, 0.25) is 0 Å². The summed E-state index contributed by atoms with van der Waals surface area (Å²) in [5, 5.41) is 9.26. The van der Waals surface area contributed by atoms with E-state index >= 15 is 0 Å². The van der Waals surface area contributed by atoms with Crippen LogP contribution in [0.1, 0.15) is 13.3 Å². The van der Waals surface area contributed by atoms with Gasteiger partial charge in [0.05, 0.1) is 0 Å². The standard InChI is InChI=1S/C12H13NO3S/c1-8(14)17-11-6-12(16)13(7-11)9-2-4-10(15)5-3-9/h2-5,11,15H,6-7H2,1H3. The van der Waals surface area contributed by atoms with E-state index in [1.54, 1.807) is 29.2 Å². The molecule has 1 fully saturated rings. The number of carbonyl (C=O) groups is 2. The Morgan fingerprint density at radius 1 is 1.41 bits per heavy atom. The third-order valence-corrected chi connectivity index (χ3v) is 3.56. The number of phenols is 1. The number of anilines is 1. The topological polar surface area (TPSA) is 57.6 Å². The first-order valence-electron chi connectivity index (χ1n) is 5.33. The number of hydrogen-bond acceptors (Lipinski definition) is 4. The first-order chi connectivity index (χ1) is 8.06. The Hall–Kier alpha value is -1.49. The highest BCUT2D eigenvalue weighted by molar-refractivity contribution is 8.14. The molecule has 4 nitrogen and oxygen atoms in total. The lowest BCUT2D eigenvalue weighted by molar-refractivity contribution is -0.117. The largest absolute Gasteiger partial charge is 0.508 e. The zero-order chi connectivity index (χ0) is 12.4. The lowest BCUT2D eigenvalue weighted by Gasteiger charge is -2.16. The highest BCUT2D eigenvalue weighted by Gasteiger charge is 2.31. The maximum absolute atomic E-state index is 11.8. The monoisotopic (exact) mass is 251 g/mol. The van der Waals surface area contributed by atoms with Crippen molar-refractivity contribution >= 4 is 28.5 Å². The summed E-state index contributed by atoms with van der Waals surface area (Å²) in [7, 11) is 0. The van der Waals surface area contributed by atoms with Crippen molar-refractivity contribution in [3.8, 4) is 5.75 Å². The van der Waals surface area contributed by atoms with E-state index in [4.69, 9.17) is 0 Å². The molecule has 1 atom stereocenters. The van der Waals surface area contributed by atoms with Crippen LogP contribution in [0.4, 0.5) is 5.69 Å². The number of rotatable bonds is 2. The van der Waals surface area contributed by atoms with Gasteiger partial charge in [0.1, 0.15) is 5.75 Å². The zero-order valence-corrected chi connectivity index (χ0v) is 10.2. The summed E-state index contributed by atoms with van der Waals surface area (Å²) in [5.41, 5.74) is 0.763. The molecule has 1 aromatic rings. The molecule has 0 aliphatic carbocycles. The second-order valence-corrected chi connectivity index (χ2v) is 5.43. The second kappa shape index (κ2) is 4.79. The fourth-order valence-corrected chi connectivity index (χ4v) is 2.79. The van der Waals surface area contributed by atoms with E-state index < -0.39 is 0 Å². The van der Waals surface area contributed by atoms with E-state index in [-0.39, 0.29) is 22.0 Å². The van der Waals surface area contributed by atoms with Crippen LogP contribution in [-0.4, -0.2) is 27.9 Å². The molecule has 2 rings (SSSR count). The molecular formula is C12H13NO3S. The van der Waals surface area contributed by atoms with Gasteiger partial charge in [-0.15, -0.1) is 0 Å². The fourth-order valence-electron chi connectivity index (χ4n) is 1.87. The van der Waals surface area contributed by atoms with Crippen molar-refractivity contribution in [1.82, 2.24) is 0 Å². The number of aromatic hydroxyl groups is 1. The fraction of sp³-hybridized carbons (Fsp3) is 0.333. The summed E-state index contributed by atoms with van der Waals surface area (Å²) in [5.74, 6) is 0.199. The Labute approximate surface area is 104 Å². The minimum Gasteiger partial charge on any atom is -0.508 e. The molecule has 0 saturated carbocycles. The van der Waals surface area contributed by atoms with Crippen LogP contribution in [0, 0.1) is 0 Å². The third-order valence-electron chi connectivity index (χ3n) is 2.58. The smallest absolute Gasteiger partial charge is 0.228 e. The Balaban J connectivity index is 2.10. The number of hydrogen-bond donors (Lipinski definition) is 1. The van der Waals surface area contributed by atoms with Crippen molar-refractivity contribution in [3.05, 3.63) is 24.3 Å². The van der Waals surface area contributed by atoms with Crippen LogP contribution in [-0.2, 0) is 9.59 Å². The minimum atomic E-state index is 0.0226. The van der Waals surface area contributed by atoms with Gasteiger partial charge in [-0.2, -0.15) is 0 Å². The average Bonchev–Trinajstić information content (AvgIpc) is 2.59. The number of phenolic OH excluding ortho intramolecular Hbond substituents is 1. The van der Waals surface area contributed by atoms with Crippen molar-refractivity contribution < 1.29 is 14.7 Å². The van der Waals surface area contributed by atoms with Gasteiger partial charge in [0.25, 0.3) is 0 Å². The average molecular weight is 251 g/mol. The normalized spacial score (nSPS) is 19.7. The van der Waals surface area contributed by atoms with Crippen molar-refractivity contribution in [2.75, 3.05) is 11.4 Å². The summed E-state index contributed by atoms with van der Waals surface area (Å²) in [6, 6.07) is 6.50. The summed E-state index contributed by atoms with van der Waals surface area (Å²) < 4.78 is 0. The van der Waals surface area contributed by atoms with Crippen LogP contribution in [0.25, 0.3) is 0 Å². The molecule has 1 saturated heterocycles. The van der Waals surface area contributed by atoms with Crippen molar-refractivity contribution in [3.63, 3.8) is 0 Å². The Bertz CT molecular complexity index is 444. The molecule has 1 aliphatic rings. The van der Waals surface area contributed by atoms with E-state index in [0.717, 1.165) is 5.69 Å². The number of amides is 1. The lowest BCUT2D eigenvalue weighted by atomic mass is 10.3. The SMILES string of the molecule is CC(=O)SC1CC(=O)N(c2ccc(O)cc2)C1. The van der Waals surface area contributed by atoms with E-state index in [2.05, 4.69) is 0 Å². The first kappa shape index (κ1) is 12.0. The summed E-state index contributed by atoms with van der Waals surface area (Å²) in [6.07, 6.45) is 0.394. The number of carbonyl (C=O) groups excluding carboxylic acids is 2. The summed E-state index contributed by atoms with van der Waals surface area (Å²) in [4.78, 5) is 24.4. The van der Waals surface area contributed by atoms with Gasteiger partial charge < -0.3 is 10.0 Å². The van der Waals surface area contributed by atoms with Crippen LogP contribution in [0.15, 0.2) is 24.3 Å². The van der Waals surface area contributed by atoms with Crippen LogP contribution >= 0.6 is 11.8 Å². The van der Waals surface area contributed by atoms with Gasteiger partial charge in [-0.3, -0.25) is 9.59 Å². The molecule has 1 heterocycles. The van der Waals surface area contributed by atoms with E-state index in [9.17, 15) is 14.7 Å². The molecule has 90 valence electrons. The molecule has 1 N–H and O–H groups in total. The molecule has 1 unspecified atom stereocenters. The van der Waals surface area contributed by atoms with Gasteiger partial charge in [-0.25, -0.2) is 0 Å². The quantitative estimate of drug-likeness (QED) is 0.870. The van der Waals surface area contributed by atoms with Gasteiger partial charge in [-0.1, -0.05) is 11.8 Å². The molecule has 0 radical (unpaired) electrons. The van der Waals surface area contributed by atoms with Gasteiger partial charge in [0.15, 0.2) is 5.12 Å². The molecular weight excluding hydrogens is 238 g/mol. The van der Waals surface area contributed by atoms with Crippen LogP contribution in [0.3, 0.4) is 0 Å². The van der Waals surface area contributed by atoms with Crippen molar-refractivity contribution in [1.29, 1.82) is 0 Å². The highest BCUT2D eigenvalue weighted by Crippen LogP contribution is 2.29. The second-order valence-electron chi connectivity index (χ2n) is 3.96. The van der Waals surface area contributed by atoms with E-state index in [0.29, 0.717) is 13.0 Å². The molecule has 17 heavy (non-hydrogen) atoms. The van der Waals surface area contributed by atoms with Gasteiger partial charge in [0, 0.05) is 30.8 Å². The number of thioether (sulfide) groups is 1. The van der Waals surface area contributed by atoms with Crippen LogP contribution < -0.4 is 4.90 Å². The molecule has 1 amide bonds. The Morgan fingerprint density at radius 2 is 2.06 bits per heavy atom. The third kappa shape index (κ3) is 2.79. The number of nitrogens with zero attached hydrogens (tertiary/aromatic N) is 1. The highest BCUT2D eigenvalue weighted by atomic mass is 32.2. The number of benzene rings is 1. The molecule has 0 spiro atoms. The summed E-state index contributed by atoms with van der Waals surface area (Å²) >= 11 is 1.22. The van der Waals surface area contributed by atoms with Crippen molar-refractivity contribution in [2.45, 2.75) is 18.6 Å². The van der Waals surface area contributed by atoms with Gasteiger partial charge >= 0.3 is 0 Å². The minimum absolute atomic E-state index is 0.0226. The van der Waals surface area contributed by atoms with E-state index in [1.165, 1.54) is 18.7 Å². The molecule has 1 aromatic carbocycles. The molecule has 0 bridgehead atoms. The predicted octanol–water partition coefficient (Wildman–Crippen LogP) is 1.78.